The summed E-state index contributed by atoms with van der Waals surface area (Å²) in [5.74, 6) is 0.386. The first-order chi connectivity index (χ1) is 7.22. The third-order valence-corrected chi connectivity index (χ3v) is 2.67. The van der Waals surface area contributed by atoms with E-state index in [-0.39, 0.29) is 5.97 Å². The van der Waals surface area contributed by atoms with Crippen LogP contribution in [0.2, 0.25) is 0 Å². The number of carbonyl (C=O) groups is 1. The maximum absolute atomic E-state index is 11.4. The molecule has 4 heteroatoms. The van der Waals surface area contributed by atoms with E-state index in [0.717, 1.165) is 4.90 Å². The second-order valence-electron chi connectivity index (χ2n) is 2.79. The standard InChI is InChI=1S/C11H14O3S/c1-4-14-11(12)8-5-6-10(15-3)9(7-8)13-2/h5-7H,4H2,1-3H3. The highest BCUT2D eigenvalue weighted by atomic mass is 32.2. The molecule has 0 heterocycles. The number of benzene rings is 1. The Labute approximate surface area is 93.8 Å². The van der Waals surface area contributed by atoms with Crippen molar-refractivity contribution in [2.24, 2.45) is 0 Å². The number of thioether (sulfide) groups is 1. The van der Waals surface area contributed by atoms with Gasteiger partial charge in [0.1, 0.15) is 5.75 Å². The Bertz CT molecular complexity index is 350. The van der Waals surface area contributed by atoms with E-state index in [0.29, 0.717) is 17.9 Å². The summed E-state index contributed by atoms with van der Waals surface area (Å²) in [7, 11) is 1.59. The highest BCUT2D eigenvalue weighted by molar-refractivity contribution is 7.98. The molecule has 15 heavy (non-hydrogen) atoms. The van der Waals surface area contributed by atoms with E-state index in [1.165, 1.54) is 0 Å². The zero-order chi connectivity index (χ0) is 11.3. The summed E-state index contributed by atoms with van der Waals surface area (Å²) in [5.41, 5.74) is 0.520. The van der Waals surface area contributed by atoms with Crippen LogP contribution in [0.5, 0.6) is 5.75 Å². The minimum Gasteiger partial charge on any atom is -0.496 e. The second-order valence-corrected chi connectivity index (χ2v) is 3.64. The lowest BCUT2D eigenvalue weighted by Gasteiger charge is -2.08. The lowest BCUT2D eigenvalue weighted by molar-refractivity contribution is 0.0526. The molecule has 0 aromatic heterocycles. The molecule has 0 aliphatic rings. The quantitative estimate of drug-likeness (QED) is 0.584. The molecule has 0 amide bonds. The fourth-order valence-electron chi connectivity index (χ4n) is 1.18. The van der Waals surface area contributed by atoms with Crippen molar-refractivity contribution in [3.05, 3.63) is 23.8 Å². The molecule has 82 valence electrons. The lowest BCUT2D eigenvalue weighted by Crippen LogP contribution is -2.04. The summed E-state index contributed by atoms with van der Waals surface area (Å²) < 4.78 is 10.1. The molecule has 0 unspecified atom stereocenters. The van der Waals surface area contributed by atoms with Crippen LogP contribution < -0.4 is 4.74 Å². The van der Waals surface area contributed by atoms with Crippen LogP contribution in [-0.2, 0) is 4.74 Å². The van der Waals surface area contributed by atoms with Gasteiger partial charge < -0.3 is 9.47 Å². The van der Waals surface area contributed by atoms with Crippen molar-refractivity contribution in [2.45, 2.75) is 11.8 Å². The summed E-state index contributed by atoms with van der Waals surface area (Å²) in [4.78, 5) is 12.4. The average Bonchev–Trinajstić information content (AvgIpc) is 2.28. The molecule has 1 aromatic carbocycles. The Kier molecular flexibility index (Phi) is 4.49. The summed E-state index contributed by atoms with van der Waals surface area (Å²) in [5, 5.41) is 0. The molecule has 3 nitrogen and oxygen atoms in total. The number of hydrogen-bond donors (Lipinski definition) is 0. The smallest absolute Gasteiger partial charge is 0.338 e. The third-order valence-electron chi connectivity index (χ3n) is 1.89. The van der Waals surface area contributed by atoms with E-state index in [2.05, 4.69) is 0 Å². The number of esters is 1. The van der Waals surface area contributed by atoms with Crippen molar-refractivity contribution in [3.63, 3.8) is 0 Å². The maximum Gasteiger partial charge on any atom is 0.338 e. The van der Waals surface area contributed by atoms with Crippen molar-refractivity contribution in [1.82, 2.24) is 0 Å². The van der Waals surface area contributed by atoms with Gasteiger partial charge in [-0.05, 0) is 31.4 Å². The van der Waals surface area contributed by atoms with Gasteiger partial charge in [-0.1, -0.05) is 0 Å². The lowest BCUT2D eigenvalue weighted by atomic mass is 10.2. The number of ether oxygens (including phenoxy) is 2. The van der Waals surface area contributed by atoms with E-state index < -0.39 is 0 Å². The van der Waals surface area contributed by atoms with Crippen molar-refractivity contribution in [2.75, 3.05) is 20.0 Å². The van der Waals surface area contributed by atoms with Gasteiger partial charge in [-0.25, -0.2) is 4.79 Å². The number of carbonyl (C=O) groups excluding carboxylic acids is 1. The minimum absolute atomic E-state index is 0.316. The monoisotopic (exact) mass is 226 g/mol. The Morgan fingerprint density at radius 1 is 1.47 bits per heavy atom. The molecule has 0 spiro atoms. The first-order valence-corrected chi connectivity index (χ1v) is 5.84. The summed E-state index contributed by atoms with van der Waals surface area (Å²) in [6.07, 6.45) is 1.96. The molecule has 0 saturated carbocycles. The predicted octanol–water partition coefficient (Wildman–Crippen LogP) is 2.59. The molecule has 1 rings (SSSR count). The van der Waals surface area contributed by atoms with Crippen LogP contribution in [0.4, 0.5) is 0 Å². The molecular formula is C11H14O3S. The van der Waals surface area contributed by atoms with Gasteiger partial charge in [0.25, 0.3) is 0 Å². The van der Waals surface area contributed by atoms with Crippen LogP contribution in [0.3, 0.4) is 0 Å². The van der Waals surface area contributed by atoms with Crippen molar-refractivity contribution < 1.29 is 14.3 Å². The molecule has 1 aromatic rings. The highest BCUT2D eigenvalue weighted by Crippen LogP contribution is 2.28. The zero-order valence-electron chi connectivity index (χ0n) is 9.07. The van der Waals surface area contributed by atoms with Crippen LogP contribution in [-0.4, -0.2) is 25.9 Å². The van der Waals surface area contributed by atoms with Gasteiger partial charge in [-0.3, -0.25) is 0 Å². The normalized spacial score (nSPS) is 9.80. The minimum atomic E-state index is -0.316. The van der Waals surface area contributed by atoms with Gasteiger partial charge in [0.15, 0.2) is 0 Å². The molecule has 0 fully saturated rings. The van der Waals surface area contributed by atoms with E-state index in [1.807, 2.05) is 12.3 Å². The van der Waals surface area contributed by atoms with Gasteiger partial charge in [0.05, 0.1) is 19.3 Å². The van der Waals surface area contributed by atoms with E-state index in [1.54, 1.807) is 37.9 Å². The Morgan fingerprint density at radius 2 is 2.20 bits per heavy atom. The predicted molar refractivity (Wildman–Crippen MR) is 60.7 cm³/mol. The van der Waals surface area contributed by atoms with Gasteiger partial charge in [0.2, 0.25) is 0 Å². The van der Waals surface area contributed by atoms with Crippen LogP contribution in [0.1, 0.15) is 17.3 Å². The number of rotatable bonds is 4. The third kappa shape index (κ3) is 2.89. The molecule has 0 saturated heterocycles. The Hall–Kier alpha value is -1.16. The van der Waals surface area contributed by atoms with Gasteiger partial charge in [0, 0.05) is 4.90 Å². The second kappa shape index (κ2) is 5.66. The molecule has 0 radical (unpaired) electrons. The molecule has 0 atom stereocenters. The fraction of sp³-hybridized carbons (Fsp3) is 0.364. The van der Waals surface area contributed by atoms with Crippen LogP contribution >= 0.6 is 11.8 Å². The molecular weight excluding hydrogens is 212 g/mol. The van der Waals surface area contributed by atoms with Crippen LogP contribution in [0, 0.1) is 0 Å². The van der Waals surface area contributed by atoms with Gasteiger partial charge >= 0.3 is 5.97 Å². The van der Waals surface area contributed by atoms with Crippen molar-refractivity contribution in [3.8, 4) is 5.75 Å². The maximum atomic E-state index is 11.4. The molecule has 0 aliphatic heterocycles. The first kappa shape index (κ1) is 11.9. The first-order valence-electron chi connectivity index (χ1n) is 4.62. The topological polar surface area (TPSA) is 35.5 Å². The van der Waals surface area contributed by atoms with Crippen molar-refractivity contribution in [1.29, 1.82) is 0 Å². The van der Waals surface area contributed by atoms with E-state index in [4.69, 9.17) is 9.47 Å². The SMILES string of the molecule is CCOC(=O)c1ccc(SC)c(OC)c1. The zero-order valence-corrected chi connectivity index (χ0v) is 9.89. The van der Waals surface area contributed by atoms with Crippen LogP contribution in [0.15, 0.2) is 23.1 Å². The Balaban J connectivity index is 2.97. The summed E-state index contributed by atoms with van der Waals surface area (Å²) in [6.45, 7) is 2.16. The Morgan fingerprint density at radius 3 is 2.73 bits per heavy atom. The van der Waals surface area contributed by atoms with E-state index in [9.17, 15) is 4.79 Å². The highest BCUT2D eigenvalue weighted by Gasteiger charge is 2.10. The largest absolute Gasteiger partial charge is 0.496 e. The summed E-state index contributed by atoms with van der Waals surface area (Å²) >= 11 is 1.58. The molecule has 0 bridgehead atoms. The average molecular weight is 226 g/mol. The van der Waals surface area contributed by atoms with Crippen LogP contribution in [0.25, 0.3) is 0 Å². The van der Waals surface area contributed by atoms with E-state index >= 15 is 0 Å². The number of hydrogen-bond acceptors (Lipinski definition) is 4. The molecule has 0 aliphatic carbocycles. The van der Waals surface area contributed by atoms with Crippen molar-refractivity contribution >= 4 is 17.7 Å². The van der Waals surface area contributed by atoms with Gasteiger partial charge in [-0.15, -0.1) is 11.8 Å². The number of methoxy groups -OCH3 is 1. The molecule has 0 N–H and O–H groups in total. The summed E-state index contributed by atoms with van der Waals surface area (Å²) in [6, 6.07) is 5.30. The van der Waals surface area contributed by atoms with Gasteiger partial charge in [-0.2, -0.15) is 0 Å². The fourth-order valence-corrected chi connectivity index (χ4v) is 1.73.